The second-order valence-electron chi connectivity index (χ2n) is 4.50. The van der Waals surface area contributed by atoms with Gasteiger partial charge in [0, 0.05) is 12.6 Å². The van der Waals surface area contributed by atoms with Gasteiger partial charge in [0.1, 0.15) is 0 Å². The molecule has 0 spiro atoms. The lowest BCUT2D eigenvalue weighted by Gasteiger charge is -2.38. The highest BCUT2D eigenvalue weighted by atomic mass is 16.5. The van der Waals surface area contributed by atoms with Crippen molar-refractivity contribution >= 4 is 0 Å². The Morgan fingerprint density at radius 3 is 2.36 bits per heavy atom. The van der Waals surface area contributed by atoms with E-state index in [9.17, 15) is 0 Å². The first-order chi connectivity index (χ1) is 5.02. The first kappa shape index (κ1) is 9.01. The van der Waals surface area contributed by atoms with Gasteiger partial charge in [0.05, 0.1) is 6.61 Å². The molecule has 11 heavy (non-hydrogen) atoms. The SMILES string of the molecule is CC(C)(C)C1CCOCC1N. The second kappa shape index (κ2) is 3.11. The van der Waals surface area contributed by atoms with Crippen molar-refractivity contribution < 1.29 is 4.74 Å². The van der Waals surface area contributed by atoms with Gasteiger partial charge < -0.3 is 10.5 Å². The number of nitrogens with two attached hydrogens (primary N) is 1. The van der Waals surface area contributed by atoms with Gasteiger partial charge in [-0.2, -0.15) is 0 Å². The summed E-state index contributed by atoms with van der Waals surface area (Å²) in [7, 11) is 0. The van der Waals surface area contributed by atoms with Gasteiger partial charge >= 0.3 is 0 Å². The van der Waals surface area contributed by atoms with E-state index in [4.69, 9.17) is 10.5 Å². The zero-order valence-electron chi connectivity index (χ0n) is 7.76. The van der Waals surface area contributed by atoms with Gasteiger partial charge in [-0.15, -0.1) is 0 Å². The van der Waals surface area contributed by atoms with Gasteiger partial charge in [-0.05, 0) is 17.8 Å². The molecule has 0 radical (unpaired) electrons. The molecule has 2 heteroatoms. The van der Waals surface area contributed by atoms with Gasteiger partial charge in [-0.1, -0.05) is 20.8 Å². The van der Waals surface area contributed by atoms with E-state index in [1.807, 2.05) is 0 Å². The normalized spacial score (nSPS) is 33.8. The predicted molar refractivity (Wildman–Crippen MR) is 46.4 cm³/mol. The Hall–Kier alpha value is -0.0800. The van der Waals surface area contributed by atoms with E-state index in [2.05, 4.69) is 20.8 Å². The molecule has 2 nitrogen and oxygen atoms in total. The smallest absolute Gasteiger partial charge is 0.0620 e. The molecule has 0 amide bonds. The third kappa shape index (κ3) is 2.17. The fourth-order valence-electron chi connectivity index (χ4n) is 1.84. The highest BCUT2D eigenvalue weighted by Crippen LogP contribution is 2.32. The minimum Gasteiger partial charge on any atom is -0.380 e. The summed E-state index contributed by atoms with van der Waals surface area (Å²) in [6.45, 7) is 8.38. The molecule has 1 rings (SSSR count). The second-order valence-corrected chi connectivity index (χ2v) is 4.50. The Labute approximate surface area is 69.1 Å². The van der Waals surface area contributed by atoms with Crippen LogP contribution in [0.15, 0.2) is 0 Å². The standard InChI is InChI=1S/C9H19NO/c1-9(2,3)7-4-5-11-6-8(7)10/h7-8H,4-6,10H2,1-3H3. The number of hydrogen-bond acceptors (Lipinski definition) is 2. The Kier molecular flexibility index (Phi) is 2.55. The van der Waals surface area contributed by atoms with E-state index in [1.54, 1.807) is 0 Å². The molecular weight excluding hydrogens is 138 g/mol. The molecule has 1 heterocycles. The van der Waals surface area contributed by atoms with E-state index in [0.717, 1.165) is 19.6 Å². The van der Waals surface area contributed by atoms with E-state index in [0.29, 0.717) is 11.3 Å². The van der Waals surface area contributed by atoms with E-state index >= 15 is 0 Å². The van der Waals surface area contributed by atoms with Crippen LogP contribution in [-0.4, -0.2) is 19.3 Å². The first-order valence-electron chi connectivity index (χ1n) is 4.35. The number of ether oxygens (including phenoxy) is 1. The molecular formula is C9H19NO. The average Bonchev–Trinajstić information content (AvgIpc) is 1.86. The highest BCUT2D eigenvalue weighted by Gasteiger charge is 2.32. The van der Waals surface area contributed by atoms with Crippen LogP contribution in [-0.2, 0) is 4.74 Å². The quantitative estimate of drug-likeness (QED) is 0.577. The molecule has 0 bridgehead atoms. The van der Waals surface area contributed by atoms with Gasteiger partial charge in [-0.3, -0.25) is 0 Å². The minimum absolute atomic E-state index is 0.240. The lowest BCUT2D eigenvalue weighted by Crippen LogP contribution is -2.45. The maximum Gasteiger partial charge on any atom is 0.0620 e. The van der Waals surface area contributed by atoms with Crippen LogP contribution in [0, 0.1) is 11.3 Å². The van der Waals surface area contributed by atoms with Crippen molar-refractivity contribution in [3.63, 3.8) is 0 Å². The van der Waals surface area contributed by atoms with Crippen LogP contribution in [0.1, 0.15) is 27.2 Å². The van der Waals surface area contributed by atoms with Crippen molar-refractivity contribution in [3.05, 3.63) is 0 Å². The summed E-state index contributed by atoms with van der Waals surface area (Å²) in [6.07, 6.45) is 1.12. The summed E-state index contributed by atoms with van der Waals surface area (Å²) >= 11 is 0. The van der Waals surface area contributed by atoms with Crippen LogP contribution in [0.4, 0.5) is 0 Å². The van der Waals surface area contributed by atoms with Crippen molar-refractivity contribution in [2.24, 2.45) is 17.1 Å². The highest BCUT2D eigenvalue weighted by molar-refractivity contribution is 4.84. The molecule has 0 aromatic heterocycles. The Morgan fingerprint density at radius 1 is 1.36 bits per heavy atom. The summed E-state index contributed by atoms with van der Waals surface area (Å²) in [5.41, 5.74) is 6.28. The lowest BCUT2D eigenvalue weighted by molar-refractivity contribution is 0.0108. The van der Waals surface area contributed by atoms with Gasteiger partial charge in [0.2, 0.25) is 0 Å². The fourth-order valence-corrected chi connectivity index (χ4v) is 1.84. The number of hydrogen-bond donors (Lipinski definition) is 1. The summed E-state index contributed by atoms with van der Waals surface area (Å²) in [5.74, 6) is 0.622. The summed E-state index contributed by atoms with van der Waals surface area (Å²) in [4.78, 5) is 0. The molecule has 1 aliphatic rings. The minimum atomic E-state index is 0.240. The summed E-state index contributed by atoms with van der Waals surface area (Å²) in [6, 6.07) is 0.240. The molecule has 2 atom stereocenters. The largest absolute Gasteiger partial charge is 0.380 e. The Balaban J connectivity index is 2.55. The molecule has 1 aliphatic heterocycles. The van der Waals surface area contributed by atoms with Crippen LogP contribution >= 0.6 is 0 Å². The van der Waals surface area contributed by atoms with Gasteiger partial charge in [0.15, 0.2) is 0 Å². The topological polar surface area (TPSA) is 35.2 Å². The van der Waals surface area contributed by atoms with Gasteiger partial charge in [0.25, 0.3) is 0 Å². The molecule has 0 saturated carbocycles. The van der Waals surface area contributed by atoms with Crippen molar-refractivity contribution in [2.75, 3.05) is 13.2 Å². The van der Waals surface area contributed by atoms with Crippen molar-refractivity contribution in [1.82, 2.24) is 0 Å². The zero-order valence-corrected chi connectivity index (χ0v) is 7.76. The molecule has 2 unspecified atom stereocenters. The van der Waals surface area contributed by atoms with Crippen molar-refractivity contribution in [3.8, 4) is 0 Å². The zero-order chi connectivity index (χ0) is 8.48. The summed E-state index contributed by atoms with van der Waals surface area (Å²) < 4.78 is 5.28. The lowest BCUT2D eigenvalue weighted by atomic mass is 9.74. The number of rotatable bonds is 0. The Bertz CT molecular complexity index is 128. The molecule has 2 N–H and O–H groups in total. The third-order valence-electron chi connectivity index (χ3n) is 2.51. The Morgan fingerprint density at radius 2 is 2.00 bits per heavy atom. The predicted octanol–water partition coefficient (Wildman–Crippen LogP) is 1.40. The van der Waals surface area contributed by atoms with Crippen LogP contribution in [0.2, 0.25) is 0 Å². The van der Waals surface area contributed by atoms with Crippen molar-refractivity contribution in [2.45, 2.75) is 33.2 Å². The average molecular weight is 157 g/mol. The third-order valence-corrected chi connectivity index (χ3v) is 2.51. The van der Waals surface area contributed by atoms with Crippen molar-refractivity contribution in [1.29, 1.82) is 0 Å². The van der Waals surface area contributed by atoms with Crippen LogP contribution in [0.5, 0.6) is 0 Å². The molecule has 0 aliphatic carbocycles. The molecule has 66 valence electrons. The van der Waals surface area contributed by atoms with E-state index < -0.39 is 0 Å². The fraction of sp³-hybridized carbons (Fsp3) is 1.00. The van der Waals surface area contributed by atoms with Crippen LogP contribution in [0.25, 0.3) is 0 Å². The molecule has 1 saturated heterocycles. The van der Waals surface area contributed by atoms with E-state index in [1.165, 1.54) is 0 Å². The maximum atomic E-state index is 5.94. The maximum absolute atomic E-state index is 5.94. The van der Waals surface area contributed by atoms with Crippen LogP contribution < -0.4 is 5.73 Å². The summed E-state index contributed by atoms with van der Waals surface area (Å²) in [5, 5.41) is 0. The monoisotopic (exact) mass is 157 g/mol. The van der Waals surface area contributed by atoms with Gasteiger partial charge in [-0.25, -0.2) is 0 Å². The van der Waals surface area contributed by atoms with E-state index in [-0.39, 0.29) is 6.04 Å². The molecule has 1 fully saturated rings. The molecule has 0 aromatic carbocycles. The first-order valence-corrected chi connectivity index (χ1v) is 4.35. The van der Waals surface area contributed by atoms with Crippen LogP contribution in [0.3, 0.4) is 0 Å². The molecule has 0 aromatic rings.